The molecule has 2 amide bonds. The van der Waals surface area contributed by atoms with E-state index in [0.717, 1.165) is 5.56 Å². The number of ether oxygens (including phenoxy) is 1. The van der Waals surface area contributed by atoms with Gasteiger partial charge in [0.15, 0.2) is 0 Å². The highest BCUT2D eigenvalue weighted by Crippen LogP contribution is 2.58. The van der Waals surface area contributed by atoms with Crippen molar-refractivity contribution in [2.45, 2.75) is 36.3 Å². The Morgan fingerprint density at radius 1 is 0.976 bits per heavy atom. The maximum atomic E-state index is 14.3. The van der Waals surface area contributed by atoms with E-state index in [-0.39, 0.29) is 24.8 Å². The van der Waals surface area contributed by atoms with Crippen molar-refractivity contribution in [1.82, 2.24) is 9.62 Å². The van der Waals surface area contributed by atoms with Gasteiger partial charge in [-0.25, -0.2) is 8.42 Å². The van der Waals surface area contributed by atoms with Gasteiger partial charge in [0.05, 0.1) is 18.8 Å². The molecule has 2 fully saturated rings. The zero-order valence-electron chi connectivity index (χ0n) is 21.9. The van der Waals surface area contributed by atoms with Gasteiger partial charge < -0.3 is 15.4 Å². The number of nitrogens with one attached hydrogen (secondary N) is 2. The lowest BCUT2D eigenvalue weighted by Crippen LogP contribution is -2.57. The zero-order valence-corrected chi connectivity index (χ0v) is 24.9. The summed E-state index contributed by atoms with van der Waals surface area (Å²) in [5, 5.41) is 7.42. The Kier molecular flexibility index (Phi) is 7.23. The summed E-state index contributed by atoms with van der Waals surface area (Å²) >= 11 is 19.2. The van der Waals surface area contributed by atoms with Gasteiger partial charge in [-0.2, -0.15) is 4.31 Å². The number of amides is 2. The second-order valence-corrected chi connectivity index (χ2v) is 13.9. The van der Waals surface area contributed by atoms with E-state index < -0.39 is 33.5 Å². The van der Waals surface area contributed by atoms with Crippen LogP contribution in [0.2, 0.25) is 15.1 Å². The lowest BCUT2D eigenvalue weighted by atomic mass is 9.59. The average molecular weight is 635 g/mol. The van der Waals surface area contributed by atoms with Gasteiger partial charge in [-0.3, -0.25) is 9.59 Å². The van der Waals surface area contributed by atoms with E-state index in [0.29, 0.717) is 50.6 Å². The molecule has 0 bridgehead atoms. The molecule has 3 aliphatic rings. The SMILES string of the molecule is CS(=O)(=O)N1CCC(Oc2ccc(Cl)cc2[C@H]2NC(=O)C[C@@H](c3cccc(Cl)c3)[C@]23C(=O)Nc2cc(Cl)ccc23)C1. The van der Waals surface area contributed by atoms with E-state index in [1.807, 2.05) is 12.1 Å². The molecule has 0 saturated carbocycles. The highest BCUT2D eigenvalue weighted by molar-refractivity contribution is 7.88. The van der Waals surface area contributed by atoms with Gasteiger partial charge in [0.2, 0.25) is 21.8 Å². The molecule has 3 aliphatic heterocycles. The first-order valence-corrected chi connectivity index (χ1v) is 16.0. The molecule has 1 spiro atoms. The summed E-state index contributed by atoms with van der Waals surface area (Å²) in [6, 6.07) is 16.6. The number of piperidine rings is 1. The number of rotatable bonds is 5. The highest BCUT2D eigenvalue weighted by atomic mass is 35.5. The van der Waals surface area contributed by atoms with Gasteiger partial charge in [0, 0.05) is 45.2 Å². The molecule has 0 aliphatic carbocycles. The minimum absolute atomic E-state index is 0.0367. The topological polar surface area (TPSA) is 105 Å². The van der Waals surface area contributed by atoms with Crippen molar-refractivity contribution in [2.24, 2.45) is 0 Å². The minimum atomic E-state index is -3.38. The number of hydrogen-bond acceptors (Lipinski definition) is 5. The summed E-state index contributed by atoms with van der Waals surface area (Å²) in [6.07, 6.45) is 1.27. The van der Waals surface area contributed by atoms with Crippen LogP contribution in [0.4, 0.5) is 5.69 Å². The Labute approximate surface area is 253 Å². The molecule has 2 saturated heterocycles. The number of benzene rings is 3. The maximum Gasteiger partial charge on any atom is 0.238 e. The first-order chi connectivity index (χ1) is 19.5. The Hall–Kier alpha value is -2.82. The smallest absolute Gasteiger partial charge is 0.238 e. The van der Waals surface area contributed by atoms with E-state index in [1.165, 1.54) is 10.6 Å². The minimum Gasteiger partial charge on any atom is -0.489 e. The lowest BCUT2D eigenvalue weighted by Gasteiger charge is -2.46. The van der Waals surface area contributed by atoms with E-state index in [2.05, 4.69) is 10.6 Å². The molecule has 1 unspecified atom stereocenters. The van der Waals surface area contributed by atoms with E-state index in [9.17, 15) is 18.0 Å². The molecule has 0 aromatic heterocycles. The number of fused-ring (bicyclic) bond motifs is 2. The lowest BCUT2D eigenvalue weighted by molar-refractivity contribution is -0.131. The molecule has 0 radical (unpaired) electrons. The Balaban J connectivity index is 1.53. The third kappa shape index (κ3) is 4.97. The molecule has 214 valence electrons. The first-order valence-electron chi connectivity index (χ1n) is 13.0. The number of nitrogens with zero attached hydrogens (tertiary/aromatic N) is 1. The molecule has 3 aromatic rings. The number of anilines is 1. The Morgan fingerprint density at radius 2 is 1.71 bits per heavy atom. The first kappa shape index (κ1) is 28.3. The van der Waals surface area contributed by atoms with Crippen molar-refractivity contribution in [3.8, 4) is 5.75 Å². The molecule has 4 atom stereocenters. The van der Waals surface area contributed by atoms with Crippen molar-refractivity contribution < 1.29 is 22.7 Å². The van der Waals surface area contributed by atoms with Crippen LogP contribution in [0, 0.1) is 0 Å². The standard InChI is InChI=1S/C29H26Cl3N3O5S/c1-41(38,39)35-10-9-20(15-35)40-25-8-6-18(31)12-21(25)27-29(22-7-5-19(32)13-24(22)33-28(29)37)23(14-26(36)34-27)16-3-2-4-17(30)11-16/h2-8,11-13,20,23,27H,9-10,14-15H2,1H3,(H,33,37)(H,34,36)/t20?,23-,27+,29-/m0/s1. The van der Waals surface area contributed by atoms with Crippen LogP contribution in [-0.4, -0.2) is 50.0 Å². The summed E-state index contributed by atoms with van der Waals surface area (Å²) in [5.74, 6) is -0.751. The molecule has 12 heteroatoms. The zero-order chi connectivity index (χ0) is 29.1. The number of carbonyl (C=O) groups is 2. The van der Waals surface area contributed by atoms with E-state index >= 15 is 0 Å². The van der Waals surface area contributed by atoms with Crippen molar-refractivity contribution in [2.75, 3.05) is 24.7 Å². The fourth-order valence-corrected chi connectivity index (χ4v) is 7.82. The molecule has 6 rings (SSSR count). The van der Waals surface area contributed by atoms with Gasteiger partial charge in [-0.05, 0) is 60.0 Å². The second-order valence-electron chi connectivity index (χ2n) is 10.7. The van der Waals surface area contributed by atoms with Gasteiger partial charge in [-0.15, -0.1) is 0 Å². The summed E-state index contributed by atoms with van der Waals surface area (Å²) in [4.78, 5) is 27.7. The van der Waals surface area contributed by atoms with Gasteiger partial charge >= 0.3 is 0 Å². The van der Waals surface area contributed by atoms with Crippen LogP contribution >= 0.6 is 34.8 Å². The third-order valence-electron chi connectivity index (χ3n) is 8.16. The van der Waals surface area contributed by atoms with Crippen LogP contribution in [0.3, 0.4) is 0 Å². The van der Waals surface area contributed by atoms with E-state index in [1.54, 1.807) is 48.5 Å². The van der Waals surface area contributed by atoms with Crippen molar-refractivity contribution in [3.63, 3.8) is 0 Å². The second kappa shape index (κ2) is 10.5. The van der Waals surface area contributed by atoms with Gasteiger partial charge in [-0.1, -0.05) is 53.0 Å². The van der Waals surface area contributed by atoms with Crippen LogP contribution in [0.1, 0.15) is 41.5 Å². The quantitative estimate of drug-likeness (QED) is 0.397. The summed E-state index contributed by atoms with van der Waals surface area (Å²) in [7, 11) is -3.38. The monoisotopic (exact) mass is 633 g/mol. The number of hydrogen-bond donors (Lipinski definition) is 2. The molecule has 2 N–H and O–H groups in total. The number of carbonyl (C=O) groups excluding carboxylic acids is 2. The number of sulfonamides is 1. The summed E-state index contributed by atoms with van der Waals surface area (Å²) < 4.78 is 32.0. The Morgan fingerprint density at radius 3 is 2.44 bits per heavy atom. The van der Waals surface area contributed by atoms with Crippen molar-refractivity contribution >= 4 is 62.3 Å². The van der Waals surface area contributed by atoms with Crippen molar-refractivity contribution in [1.29, 1.82) is 0 Å². The molecule has 3 heterocycles. The average Bonchev–Trinajstić information content (AvgIpc) is 3.49. The molecule has 8 nitrogen and oxygen atoms in total. The molecular formula is C29H26Cl3N3O5S. The molecular weight excluding hydrogens is 609 g/mol. The van der Waals surface area contributed by atoms with Crippen LogP contribution in [-0.2, 0) is 25.0 Å². The normalized spacial score (nSPS) is 26.1. The fraction of sp³-hybridized carbons (Fsp3) is 0.310. The fourth-order valence-electron chi connectivity index (χ4n) is 6.40. The van der Waals surface area contributed by atoms with Gasteiger partial charge in [0.25, 0.3) is 0 Å². The third-order valence-corrected chi connectivity index (χ3v) is 10.1. The van der Waals surface area contributed by atoms with Crippen LogP contribution in [0.25, 0.3) is 0 Å². The molecule has 3 aromatic carbocycles. The van der Waals surface area contributed by atoms with E-state index in [4.69, 9.17) is 39.5 Å². The summed E-state index contributed by atoms with van der Waals surface area (Å²) in [5.41, 5.74) is 1.17. The predicted octanol–water partition coefficient (Wildman–Crippen LogP) is 5.29. The van der Waals surface area contributed by atoms with Crippen LogP contribution in [0.15, 0.2) is 60.7 Å². The summed E-state index contributed by atoms with van der Waals surface area (Å²) in [6.45, 7) is 0.528. The van der Waals surface area contributed by atoms with Crippen LogP contribution in [0.5, 0.6) is 5.75 Å². The number of halogens is 3. The van der Waals surface area contributed by atoms with Crippen LogP contribution < -0.4 is 15.4 Å². The predicted molar refractivity (Wildman–Crippen MR) is 158 cm³/mol. The highest BCUT2D eigenvalue weighted by Gasteiger charge is 2.61. The largest absolute Gasteiger partial charge is 0.489 e. The van der Waals surface area contributed by atoms with Crippen molar-refractivity contribution in [3.05, 3.63) is 92.4 Å². The Bertz CT molecular complexity index is 1680. The maximum absolute atomic E-state index is 14.3. The molecule has 41 heavy (non-hydrogen) atoms. The van der Waals surface area contributed by atoms with Gasteiger partial charge in [0.1, 0.15) is 17.3 Å².